The molecule has 0 amide bonds. The third kappa shape index (κ3) is 3.41. The maximum absolute atomic E-state index is 13.1. The van der Waals surface area contributed by atoms with Gasteiger partial charge in [0.05, 0.1) is 53.7 Å². The van der Waals surface area contributed by atoms with E-state index in [0.29, 0.717) is 33.4 Å². The minimum Gasteiger partial charge on any atom is -0.495 e. The van der Waals surface area contributed by atoms with Gasteiger partial charge in [0, 0.05) is 12.3 Å². The van der Waals surface area contributed by atoms with Crippen molar-refractivity contribution in [1.29, 1.82) is 0 Å². The molecule has 0 N–H and O–H groups in total. The van der Waals surface area contributed by atoms with Crippen molar-refractivity contribution in [2.75, 3.05) is 20.8 Å². The van der Waals surface area contributed by atoms with Gasteiger partial charge in [0.25, 0.3) is 5.56 Å². The van der Waals surface area contributed by atoms with Crippen LogP contribution in [0.25, 0.3) is 16.6 Å². The van der Waals surface area contributed by atoms with Crippen LogP contribution in [0.1, 0.15) is 23.0 Å². The van der Waals surface area contributed by atoms with Crippen LogP contribution in [-0.2, 0) is 4.74 Å². The van der Waals surface area contributed by atoms with Crippen LogP contribution in [0.15, 0.2) is 35.3 Å². The van der Waals surface area contributed by atoms with Gasteiger partial charge in [0.2, 0.25) is 0 Å². The molecule has 1 aromatic carbocycles. The van der Waals surface area contributed by atoms with E-state index in [9.17, 15) is 9.59 Å². The molecule has 0 bridgehead atoms. The molecule has 0 saturated carbocycles. The molecule has 3 rings (SSSR count). The van der Waals surface area contributed by atoms with Gasteiger partial charge < -0.3 is 14.2 Å². The number of aromatic nitrogens is 2. The van der Waals surface area contributed by atoms with Crippen LogP contribution >= 0.6 is 11.6 Å². The molecule has 8 heteroatoms. The lowest BCUT2D eigenvalue weighted by atomic mass is 10.1. The van der Waals surface area contributed by atoms with E-state index in [1.165, 1.54) is 24.9 Å². The molecule has 0 spiro atoms. The van der Waals surface area contributed by atoms with Crippen molar-refractivity contribution in [2.45, 2.75) is 13.8 Å². The maximum atomic E-state index is 13.1. The highest BCUT2D eigenvalue weighted by Gasteiger charge is 2.17. The van der Waals surface area contributed by atoms with Crippen LogP contribution in [0.5, 0.6) is 11.5 Å². The van der Waals surface area contributed by atoms with Gasteiger partial charge in [0.15, 0.2) is 0 Å². The fraction of sp³-hybridized carbons (Fsp3) is 0.250. The standard InChI is InChI=1S/C20H19ClN2O5/c1-5-28-20(25)12-8-13-15(22-11(12)2)6-7-23(19(13)24)16-9-14(21)17(26-3)10-18(16)27-4/h6-10H,5H2,1-4H3. The molecule has 0 saturated heterocycles. The predicted molar refractivity (Wildman–Crippen MR) is 106 cm³/mol. The van der Waals surface area contributed by atoms with Gasteiger partial charge in [-0.2, -0.15) is 0 Å². The lowest BCUT2D eigenvalue weighted by molar-refractivity contribution is 0.0525. The number of hydrogen-bond donors (Lipinski definition) is 0. The maximum Gasteiger partial charge on any atom is 0.339 e. The van der Waals surface area contributed by atoms with Crippen LogP contribution in [0.4, 0.5) is 0 Å². The molecule has 2 heterocycles. The highest BCUT2D eigenvalue weighted by molar-refractivity contribution is 6.32. The zero-order chi connectivity index (χ0) is 20.4. The molecular formula is C20H19ClN2O5. The number of carbonyl (C=O) groups is 1. The number of benzene rings is 1. The first-order valence-corrected chi connectivity index (χ1v) is 8.91. The lowest BCUT2D eigenvalue weighted by Crippen LogP contribution is -2.20. The second kappa shape index (κ2) is 7.90. The molecule has 28 heavy (non-hydrogen) atoms. The molecule has 0 aliphatic heterocycles. The average molecular weight is 403 g/mol. The molecule has 0 aliphatic carbocycles. The van der Waals surface area contributed by atoms with Crippen molar-refractivity contribution < 1.29 is 19.0 Å². The minimum absolute atomic E-state index is 0.233. The van der Waals surface area contributed by atoms with Crippen LogP contribution in [0.3, 0.4) is 0 Å². The number of hydrogen-bond acceptors (Lipinski definition) is 6. The topological polar surface area (TPSA) is 79.7 Å². The number of esters is 1. The Hall–Kier alpha value is -3.06. The predicted octanol–water partition coefficient (Wildman–Crippen LogP) is 3.54. The third-order valence-electron chi connectivity index (χ3n) is 4.28. The molecule has 2 aromatic heterocycles. The van der Waals surface area contributed by atoms with E-state index in [4.69, 9.17) is 25.8 Å². The first-order chi connectivity index (χ1) is 13.4. The zero-order valence-electron chi connectivity index (χ0n) is 15.9. The van der Waals surface area contributed by atoms with Gasteiger partial charge in [-0.15, -0.1) is 0 Å². The van der Waals surface area contributed by atoms with E-state index in [1.54, 1.807) is 38.2 Å². The molecule has 0 unspecified atom stereocenters. The number of pyridine rings is 2. The lowest BCUT2D eigenvalue weighted by Gasteiger charge is -2.14. The molecule has 0 fully saturated rings. The van der Waals surface area contributed by atoms with Gasteiger partial charge in [-0.3, -0.25) is 14.3 Å². The number of nitrogens with zero attached hydrogens (tertiary/aromatic N) is 2. The number of rotatable bonds is 5. The summed E-state index contributed by atoms with van der Waals surface area (Å²) < 4.78 is 17.0. The molecule has 0 atom stereocenters. The van der Waals surface area contributed by atoms with Gasteiger partial charge in [0.1, 0.15) is 11.5 Å². The Kier molecular flexibility index (Phi) is 5.56. The first kappa shape index (κ1) is 19.7. The number of halogens is 1. The summed E-state index contributed by atoms with van der Waals surface area (Å²) in [5.41, 5.74) is 1.30. The van der Waals surface area contributed by atoms with E-state index in [1.807, 2.05) is 0 Å². The zero-order valence-corrected chi connectivity index (χ0v) is 16.7. The van der Waals surface area contributed by atoms with Crippen LogP contribution in [0, 0.1) is 6.92 Å². The highest BCUT2D eigenvalue weighted by Crippen LogP contribution is 2.34. The smallest absolute Gasteiger partial charge is 0.339 e. The number of aryl methyl sites for hydroxylation is 1. The minimum atomic E-state index is -0.519. The van der Waals surface area contributed by atoms with E-state index < -0.39 is 5.97 Å². The number of carbonyl (C=O) groups excluding carboxylic acids is 1. The van der Waals surface area contributed by atoms with E-state index >= 15 is 0 Å². The Balaban J connectivity index is 2.25. The van der Waals surface area contributed by atoms with Crippen molar-refractivity contribution in [3.05, 3.63) is 57.1 Å². The number of ether oxygens (including phenoxy) is 3. The second-order valence-corrected chi connectivity index (χ2v) is 6.33. The van der Waals surface area contributed by atoms with E-state index in [0.717, 1.165) is 0 Å². The largest absolute Gasteiger partial charge is 0.495 e. The summed E-state index contributed by atoms with van der Waals surface area (Å²) in [7, 11) is 2.98. The Labute approximate surface area is 166 Å². The second-order valence-electron chi connectivity index (χ2n) is 5.92. The van der Waals surface area contributed by atoms with Crippen LogP contribution in [-0.4, -0.2) is 36.3 Å². The summed E-state index contributed by atoms with van der Waals surface area (Å²) in [6.07, 6.45) is 1.59. The van der Waals surface area contributed by atoms with Gasteiger partial charge >= 0.3 is 5.97 Å². The van der Waals surface area contributed by atoms with Crippen molar-refractivity contribution in [1.82, 2.24) is 9.55 Å². The quantitative estimate of drug-likeness (QED) is 0.607. The Morgan fingerprint density at radius 2 is 1.89 bits per heavy atom. The van der Waals surface area contributed by atoms with Gasteiger partial charge in [-0.05, 0) is 32.0 Å². The molecule has 7 nitrogen and oxygen atoms in total. The van der Waals surface area contributed by atoms with Crippen molar-refractivity contribution in [3.8, 4) is 17.2 Å². The van der Waals surface area contributed by atoms with Gasteiger partial charge in [-0.25, -0.2) is 4.79 Å². The molecule has 3 aromatic rings. The Morgan fingerprint density at radius 3 is 2.54 bits per heavy atom. The fourth-order valence-electron chi connectivity index (χ4n) is 2.90. The monoisotopic (exact) mass is 402 g/mol. The highest BCUT2D eigenvalue weighted by atomic mass is 35.5. The van der Waals surface area contributed by atoms with Gasteiger partial charge in [-0.1, -0.05) is 11.6 Å². The first-order valence-electron chi connectivity index (χ1n) is 8.53. The summed E-state index contributed by atoms with van der Waals surface area (Å²) in [6.45, 7) is 3.65. The van der Waals surface area contributed by atoms with Crippen molar-refractivity contribution >= 4 is 28.5 Å². The summed E-state index contributed by atoms with van der Waals surface area (Å²) in [4.78, 5) is 29.7. The van der Waals surface area contributed by atoms with E-state index in [2.05, 4.69) is 4.98 Å². The van der Waals surface area contributed by atoms with E-state index in [-0.39, 0.29) is 23.1 Å². The van der Waals surface area contributed by atoms with Crippen molar-refractivity contribution in [3.63, 3.8) is 0 Å². The molecular weight excluding hydrogens is 384 g/mol. The SMILES string of the molecule is CCOC(=O)c1cc2c(=O)n(-c3cc(Cl)c(OC)cc3OC)ccc2nc1C. The molecule has 0 radical (unpaired) electrons. The number of methoxy groups -OCH3 is 2. The fourth-order valence-corrected chi connectivity index (χ4v) is 3.14. The van der Waals surface area contributed by atoms with Crippen LogP contribution < -0.4 is 15.0 Å². The molecule has 0 aliphatic rings. The summed E-state index contributed by atoms with van der Waals surface area (Å²) in [5, 5.41) is 0.615. The summed E-state index contributed by atoms with van der Waals surface area (Å²) in [6, 6.07) is 6.38. The third-order valence-corrected chi connectivity index (χ3v) is 4.58. The normalized spacial score (nSPS) is 10.8. The molecule has 146 valence electrons. The summed E-state index contributed by atoms with van der Waals surface area (Å²) in [5.74, 6) is 0.320. The number of fused-ring (bicyclic) bond motifs is 1. The van der Waals surface area contributed by atoms with Crippen molar-refractivity contribution in [2.24, 2.45) is 0 Å². The Bertz CT molecular complexity index is 1120. The van der Waals surface area contributed by atoms with Crippen LogP contribution in [0.2, 0.25) is 5.02 Å². The average Bonchev–Trinajstić information content (AvgIpc) is 2.68. The Morgan fingerprint density at radius 1 is 1.18 bits per heavy atom. The summed E-state index contributed by atoms with van der Waals surface area (Å²) >= 11 is 6.23.